The molecule has 3 heterocycles. The van der Waals surface area contributed by atoms with E-state index in [4.69, 9.17) is 4.74 Å². The maximum Gasteiger partial charge on any atom is 0.434 e. The molecule has 4 saturated carbocycles. The maximum absolute atomic E-state index is 14.6. The second kappa shape index (κ2) is 12.3. The highest BCUT2D eigenvalue weighted by atomic mass is 19.4. The molecule has 0 radical (unpaired) electrons. The summed E-state index contributed by atoms with van der Waals surface area (Å²) in [5, 5.41) is 12.8. The van der Waals surface area contributed by atoms with E-state index in [0.717, 1.165) is 69.5 Å². The average Bonchev–Trinajstić information content (AvgIpc) is 3.74. The fraction of sp³-hybridized carbons (Fsp3) is 0.676. The number of hydrogen-bond acceptors (Lipinski definition) is 7. The van der Waals surface area contributed by atoms with Crippen LogP contribution >= 0.6 is 0 Å². The molecular formula is C37H44F5N5O4. The van der Waals surface area contributed by atoms with Crippen molar-refractivity contribution in [1.29, 1.82) is 0 Å². The number of fused-ring (bicyclic) bond motifs is 4. The molecule has 51 heavy (non-hydrogen) atoms. The van der Waals surface area contributed by atoms with Gasteiger partial charge in [-0.05, 0) is 106 Å². The Morgan fingerprint density at radius 2 is 1.75 bits per heavy atom. The lowest BCUT2D eigenvalue weighted by Gasteiger charge is -2.46. The lowest BCUT2D eigenvalue weighted by atomic mass is 9.78. The number of anilines is 2. The van der Waals surface area contributed by atoms with E-state index in [1.54, 1.807) is 11.0 Å². The number of carbonyl (C=O) groups excluding carboxylic acids is 1. The summed E-state index contributed by atoms with van der Waals surface area (Å²) in [6.45, 7) is 2.05. The molecule has 14 heteroatoms. The number of carboxylic acid groups (broad SMARTS) is 1. The zero-order valence-corrected chi connectivity index (χ0v) is 28.7. The van der Waals surface area contributed by atoms with Crippen LogP contribution < -0.4 is 15.0 Å². The second-order valence-corrected chi connectivity index (χ2v) is 16.3. The van der Waals surface area contributed by atoms with E-state index >= 15 is 0 Å². The highest BCUT2D eigenvalue weighted by Gasteiger charge is 2.57. The molecular weight excluding hydrogens is 673 g/mol. The molecule has 2 aromatic rings. The van der Waals surface area contributed by atoms with Crippen LogP contribution in [0.2, 0.25) is 0 Å². The predicted octanol–water partition coefficient (Wildman–Crippen LogP) is 7.11. The van der Waals surface area contributed by atoms with E-state index in [2.05, 4.69) is 15.3 Å². The summed E-state index contributed by atoms with van der Waals surface area (Å²) in [6, 6.07) is 5.76. The highest BCUT2D eigenvalue weighted by molar-refractivity contribution is 5.99. The lowest BCUT2D eigenvalue weighted by Crippen LogP contribution is -2.60. The van der Waals surface area contributed by atoms with Gasteiger partial charge in [-0.1, -0.05) is 19.8 Å². The van der Waals surface area contributed by atoms with Gasteiger partial charge in [0.1, 0.15) is 11.3 Å². The fourth-order valence-corrected chi connectivity index (χ4v) is 10.5. The molecule has 276 valence electrons. The first kappa shape index (κ1) is 34.5. The van der Waals surface area contributed by atoms with Gasteiger partial charge in [-0.2, -0.15) is 13.2 Å². The van der Waals surface area contributed by atoms with E-state index in [1.807, 2.05) is 24.0 Å². The van der Waals surface area contributed by atoms with Crippen molar-refractivity contribution in [2.45, 2.75) is 119 Å². The van der Waals surface area contributed by atoms with Crippen LogP contribution in [0.3, 0.4) is 0 Å². The van der Waals surface area contributed by atoms with Crippen molar-refractivity contribution in [3.05, 3.63) is 41.2 Å². The molecule has 2 aliphatic heterocycles. The summed E-state index contributed by atoms with van der Waals surface area (Å²) in [5.41, 5.74) is -2.49. The number of rotatable bonds is 7. The molecule has 5 fully saturated rings. The number of alkyl halides is 5. The van der Waals surface area contributed by atoms with Crippen molar-refractivity contribution in [1.82, 2.24) is 20.2 Å². The summed E-state index contributed by atoms with van der Waals surface area (Å²) >= 11 is 0. The molecule has 8 rings (SSSR count). The Labute approximate surface area is 293 Å². The van der Waals surface area contributed by atoms with Gasteiger partial charge in [-0.15, -0.1) is 0 Å². The largest absolute Gasteiger partial charge is 0.490 e. The van der Waals surface area contributed by atoms with Gasteiger partial charge < -0.3 is 20.1 Å². The number of aliphatic carboxylic acids is 1. The van der Waals surface area contributed by atoms with Gasteiger partial charge in [0.2, 0.25) is 5.95 Å². The zero-order valence-electron chi connectivity index (χ0n) is 28.7. The van der Waals surface area contributed by atoms with Gasteiger partial charge in [0.15, 0.2) is 5.69 Å². The SMILES string of the molecule is CC1CC2CC(C1)C(NC(=O)c1cnc(N3CC4(CCCC4)c4cc(OC5CCC(N6CC(F)(F)C6)CC5)ccc43)nc1C(F)(F)F)(C(=O)O)C2. The minimum atomic E-state index is -5.00. The summed E-state index contributed by atoms with van der Waals surface area (Å²) in [4.78, 5) is 38.0. The van der Waals surface area contributed by atoms with E-state index in [0.29, 0.717) is 30.8 Å². The summed E-state index contributed by atoms with van der Waals surface area (Å²) in [7, 11) is 0. The first-order valence-electron chi connectivity index (χ1n) is 18.4. The van der Waals surface area contributed by atoms with Gasteiger partial charge >= 0.3 is 12.1 Å². The Balaban J connectivity index is 1.04. The minimum Gasteiger partial charge on any atom is -0.490 e. The number of hydrogen-bond donors (Lipinski definition) is 2. The van der Waals surface area contributed by atoms with E-state index in [1.165, 1.54) is 0 Å². The van der Waals surface area contributed by atoms with Crippen LogP contribution in [0.5, 0.6) is 5.75 Å². The number of aromatic nitrogens is 2. The molecule has 1 saturated heterocycles. The fourth-order valence-electron chi connectivity index (χ4n) is 10.5. The van der Waals surface area contributed by atoms with Gasteiger partial charge in [-0.3, -0.25) is 9.69 Å². The Hall–Kier alpha value is -3.55. The van der Waals surface area contributed by atoms with Crippen molar-refractivity contribution in [3.8, 4) is 5.75 Å². The number of carboxylic acids is 1. The standard InChI is InChI=1S/C37H44F5N5O4/c1-21-12-22-14-23(13-21)36(16-22,32(49)50)45-31(48)27-17-43-33(44-30(27)37(40,41)42)47-18-34(10-2-3-11-34)28-15-26(8-9-29(28)47)51-25-6-4-24(5-7-25)46-19-35(38,39)20-46/h8-9,15,17,21-25H,2-7,10-14,16,18-20H2,1H3,(H,45,48)(H,49,50). The number of nitrogens with one attached hydrogen (secondary N) is 1. The molecule has 2 N–H and O–H groups in total. The molecule has 4 atom stereocenters. The van der Waals surface area contributed by atoms with Crippen LogP contribution in [0.25, 0.3) is 0 Å². The second-order valence-electron chi connectivity index (χ2n) is 16.3. The van der Waals surface area contributed by atoms with E-state index < -0.39 is 40.8 Å². The summed E-state index contributed by atoms with van der Waals surface area (Å²) in [6.07, 6.45) is 4.74. The Morgan fingerprint density at radius 3 is 2.41 bits per heavy atom. The Morgan fingerprint density at radius 1 is 1.02 bits per heavy atom. The van der Waals surface area contributed by atoms with Crippen LogP contribution in [-0.2, 0) is 16.4 Å². The first-order valence-corrected chi connectivity index (χ1v) is 18.4. The molecule has 2 bridgehead atoms. The highest BCUT2D eigenvalue weighted by Crippen LogP contribution is 2.54. The third-order valence-electron chi connectivity index (χ3n) is 12.8. The van der Waals surface area contributed by atoms with Crippen LogP contribution in [0.15, 0.2) is 24.4 Å². The van der Waals surface area contributed by atoms with E-state index in [9.17, 15) is 36.6 Å². The number of halogens is 5. The molecule has 1 aromatic carbocycles. The van der Waals surface area contributed by atoms with Gasteiger partial charge in [0, 0.05) is 29.9 Å². The molecule has 1 aromatic heterocycles. The van der Waals surface area contributed by atoms with Crippen LogP contribution in [0.4, 0.5) is 33.6 Å². The Kier molecular flexibility index (Phi) is 8.30. The molecule has 6 aliphatic rings. The number of likely N-dealkylation sites (tertiary alicyclic amines) is 1. The van der Waals surface area contributed by atoms with Gasteiger partial charge in [0.05, 0.1) is 24.8 Å². The van der Waals surface area contributed by atoms with Crippen molar-refractivity contribution < 1.29 is 41.4 Å². The number of nitrogens with zero attached hydrogens (tertiary/aromatic N) is 4. The van der Waals surface area contributed by atoms with Crippen molar-refractivity contribution in [2.24, 2.45) is 17.8 Å². The van der Waals surface area contributed by atoms with Crippen molar-refractivity contribution in [3.63, 3.8) is 0 Å². The normalized spacial score (nSPS) is 32.4. The maximum atomic E-state index is 14.6. The monoisotopic (exact) mass is 717 g/mol. The smallest absolute Gasteiger partial charge is 0.434 e. The number of carbonyl (C=O) groups is 2. The molecule has 4 unspecified atom stereocenters. The summed E-state index contributed by atoms with van der Waals surface area (Å²) < 4.78 is 77.1. The number of benzene rings is 1. The zero-order chi connectivity index (χ0) is 35.9. The molecule has 4 aliphatic carbocycles. The van der Waals surface area contributed by atoms with Gasteiger partial charge in [-0.25, -0.2) is 23.5 Å². The number of amides is 1. The molecule has 1 amide bonds. The van der Waals surface area contributed by atoms with Crippen molar-refractivity contribution >= 4 is 23.5 Å². The third kappa shape index (κ3) is 6.12. The quantitative estimate of drug-likeness (QED) is 0.292. The Bertz CT molecular complexity index is 1700. The van der Waals surface area contributed by atoms with Gasteiger partial charge in [0.25, 0.3) is 11.8 Å². The van der Waals surface area contributed by atoms with E-state index in [-0.39, 0.29) is 60.8 Å². The summed E-state index contributed by atoms with van der Waals surface area (Å²) in [5.74, 6) is -4.47. The first-order chi connectivity index (χ1) is 24.1. The third-order valence-corrected chi connectivity index (χ3v) is 12.8. The number of ether oxygens (including phenoxy) is 1. The average molecular weight is 718 g/mol. The molecule has 9 nitrogen and oxygen atoms in total. The minimum absolute atomic E-state index is 0.0538. The lowest BCUT2D eigenvalue weighted by molar-refractivity contribution is -0.151. The topological polar surface area (TPSA) is 108 Å². The van der Waals surface area contributed by atoms with Crippen LogP contribution in [-0.4, -0.2) is 75.1 Å². The van der Waals surface area contributed by atoms with Crippen LogP contribution in [0.1, 0.15) is 106 Å². The predicted molar refractivity (Wildman–Crippen MR) is 176 cm³/mol. The molecule has 1 spiro atoms. The van der Waals surface area contributed by atoms with Crippen LogP contribution in [0, 0.1) is 17.8 Å². The van der Waals surface area contributed by atoms with Crippen molar-refractivity contribution in [2.75, 3.05) is 24.5 Å².